The van der Waals surface area contributed by atoms with Gasteiger partial charge in [-0.25, -0.2) is 4.39 Å². The lowest BCUT2D eigenvalue weighted by Crippen LogP contribution is -2.40. The maximum absolute atomic E-state index is 13.7. The molecule has 2 aromatic rings. The van der Waals surface area contributed by atoms with Gasteiger partial charge in [0.05, 0.1) is 6.04 Å². The number of hydrogen-bond donors (Lipinski definition) is 1. The third-order valence-corrected chi connectivity index (χ3v) is 3.97. The summed E-state index contributed by atoms with van der Waals surface area (Å²) in [5, 5.41) is 3.01. The molecule has 2 atom stereocenters. The van der Waals surface area contributed by atoms with Gasteiger partial charge in [0.1, 0.15) is 0 Å². The summed E-state index contributed by atoms with van der Waals surface area (Å²) in [6, 6.07) is 14.1. The molecule has 0 aromatic heterocycles. The Kier molecular flexibility index (Phi) is 6.36. The fraction of sp³-hybridized carbons (Fsp3) is 0.350. The van der Waals surface area contributed by atoms with E-state index < -0.39 is 11.9 Å². The number of ether oxygens (including phenoxy) is 1. The second-order valence-corrected chi connectivity index (χ2v) is 5.83. The molecular weight excluding hydrogens is 305 g/mol. The van der Waals surface area contributed by atoms with Gasteiger partial charge in [0.15, 0.2) is 17.7 Å². The third-order valence-electron chi connectivity index (χ3n) is 3.97. The number of para-hydroxylation sites is 1. The van der Waals surface area contributed by atoms with Crippen molar-refractivity contribution in [1.82, 2.24) is 5.32 Å². The standard InChI is InChI=1S/C20H24FNO2/c1-4-17(15-12-10-14(3)11-13-15)22-20(23)18(5-2)24-19-9-7-6-8-16(19)21/h6-13,17-18H,4-5H2,1-3H3,(H,22,23)/t17-,18+/m1/s1. The maximum Gasteiger partial charge on any atom is 0.261 e. The lowest BCUT2D eigenvalue weighted by Gasteiger charge is -2.22. The first-order valence-corrected chi connectivity index (χ1v) is 8.33. The van der Waals surface area contributed by atoms with Gasteiger partial charge in [-0.2, -0.15) is 0 Å². The number of hydrogen-bond acceptors (Lipinski definition) is 2. The highest BCUT2D eigenvalue weighted by Crippen LogP contribution is 2.20. The van der Waals surface area contributed by atoms with Gasteiger partial charge in [-0.3, -0.25) is 4.79 Å². The van der Waals surface area contributed by atoms with Gasteiger partial charge in [-0.15, -0.1) is 0 Å². The summed E-state index contributed by atoms with van der Waals surface area (Å²) >= 11 is 0. The molecule has 0 aliphatic carbocycles. The highest BCUT2D eigenvalue weighted by molar-refractivity contribution is 5.81. The number of benzene rings is 2. The Balaban J connectivity index is 2.07. The summed E-state index contributed by atoms with van der Waals surface area (Å²) in [6.45, 7) is 5.89. The van der Waals surface area contributed by atoms with Crippen molar-refractivity contribution in [2.45, 2.75) is 45.8 Å². The van der Waals surface area contributed by atoms with E-state index in [4.69, 9.17) is 4.74 Å². The number of amides is 1. The predicted molar refractivity (Wildman–Crippen MR) is 93.5 cm³/mol. The van der Waals surface area contributed by atoms with Crippen molar-refractivity contribution in [3.8, 4) is 5.75 Å². The van der Waals surface area contributed by atoms with Crippen LogP contribution in [-0.2, 0) is 4.79 Å². The zero-order valence-corrected chi connectivity index (χ0v) is 14.4. The zero-order chi connectivity index (χ0) is 17.5. The molecule has 3 nitrogen and oxygen atoms in total. The molecule has 24 heavy (non-hydrogen) atoms. The number of carbonyl (C=O) groups is 1. The largest absolute Gasteiger partial charge is 0.478 e. The van der Waals surface area contributed by atoms with Gasteiger partial charge < -0.3 is 10.1 Å². The van der Waals surface area contributed by atoms with Crippen molar-refractivity contribution in [1.29, 1.82) is 0 Å². The van der Waals surface area contributed by atoms with Crippen LogP contribution in [0, 0.1) is 12.7 Å². The normalized spacial score (nSPS) is 13.2. The first-order chi connectivity index (χ1) is 11.5. The second-order valence-electron chi connectivity index (χ2n) is 5.83. The molecule has 0 saturated carbocycles. The van der Waals surface area contributed by atoms with Crippen molar-refractivity contribution in [3.05, 3.63) is 65.5 Å². The van der Waals surface area contributed by atoms with Gasteiger partial charge in [0.25, 0.3) is 5.91 Å². The monoisotopic (exact) mass is 329 g/mol. The van der Waals surface area contributed by atoms with E-state index in [1.165, 1.54) is 17.7 Å². The van der Waals surface area contributed by atoms with Gasteiger partial charge in [-0.05, 0) is 37.5 Å². The summed E-state index contributed by atoms with van der Waals surface area (Å²) in [6.07, 6.45) is 0.511. The Bertz CT molecular complexity index is 670. The second kappa shape index (κ2) is 8.48. The van der Waals surface area contributed by atoms with E-state index in [9.17, 15) is 9.18 Å². The average molecular weight is 329 g/mol. The van der Waals surface area contributed by atoms with Crippen molar-refractivity contribution < 1.29 is 13.9 Å². The summed E-state index contributed by atoms with van der Waals surface area (Å²) in [4.78, 5) is 12.5. The van der Waals surface area contributed by atoms with Crippen molar-refractivity contribution in [2.24, 2.45) is 0 Å². The van der Waals surface area contributed by atoms with Crippen LogP contribution in [0.1, 0.15) is 43.9 Å². The fourth-order valence-electron chi connectivity index (χ4n) is 2.50. The molecule has 128 valence electrons. The van der Waals surface area contributed by atoms with Crippen LogP contribution in [0.2, 0.25) is 0 Å². The first kappa shape index (κ1) is 18.0. The topological polar surface area (TPSA) is 38.3 Å². The molecular formula is C20H24FNO2. The lowest BCUT2D eigenvalue weighted by atomic mass is 10.0. The molecule has 0 bridgehead atoms. The minimum absolute atomic E-state index is 0.0867. The molecule has 2 aromatic carbocycles. The van der Waals surface area contributed by atoms with Gasteiger partial charge in [0, 0.05) is 0 Å². The smallest absolute Gasteiger partial charge is 0.261 e. The Morgan fingerprint density at radius 2 is 1.75 bits per heavy atom. The van der Waals surface area contributed by atoms with Crippen molar-refractivity contribution in [3.63, 3.8) is 0 Å². The SMILES string of the molecule is CC[C@H](Oc1ccccc1F)C(=O)N[C@H](CC)c1ccc(C)cc1. The molecule has 0 unspecified atom stereocenters. The van der Waals surface area contributed by atoms with E-state index in [2.05, 4.69) is 5.32 Å². The van der Waals surface area contributed by atoms with Crippen molar-refractivity contribution in [2.75, 3.05) is 0 Å². The molecule has 0 aliphatic rings. The molecule has 0 radical (unpaired) electrons. The van der Waals surface area contributed by atoms with Crippen LogP contribution in [0.15, 0.2) is 48.5 Å². The van der Waals surface area contributed by atoms with E-state index in [0.29, 0.717) is 6.42 Å². The van der Waals surface area contributed by atoms with Crippen LogP contribution < -0.4 is 10.1 Å². The van der Waals surface area contributed by atoms with E-state index in [-0.39, 0.29) is 17.7 Å². The fourth-order valence-corrected chi connectivity index (χ4v) is 2.50. The third kappa shape index (κ3) is 4.57. The van der Waals surface area contributed by atoms with Crippen LogP contribution >= 0.6 is 0 Å². The number of rotatable bonds is 7. The van der Waals surface area contributed by atoms with E-state index >= 15 is 0 Å². The summed E-state index contributed by atoms with van der Waals surface area (Å²) in [7, 11) is 0. The van der Waals surface area contributed by atoms with Gasteiger partial charge in [0.2, 0.25) is 0 Å². The molecule has 1 N–H and O–H groups in total. The molecule has 1 amide bonds. The Hall–Kier alpha value is -2.36. The number of nitrogens with one attached hydrogen (secondary N) is 1. The quantitative estimate of drug-likeness (QED) is 0.809. The number of carbonyl (C=O) groups excluding carboxylic acids is 1. The summed E-state index contributed by atoms with van der Waals surface area (Å²) in [5.41, 5.74) is 2.23. The van der Waals surface area contributed by atoms with Gasteiger partial charge in [-0.1, -0.05) is 55.8 Å². The van der Waals surface area contributed by atoms with Crippen LogP contribution in [0.4, 0.5) is 4.39 Å². The van der Waals surface area contributed by atoms with Crippen molar-refractivity contribution >= 4 is 5.91 Å². The Labute approximate surface area is 142 Å². The molecule has 0 heterocycles. The average Bonchev–Trinajstić information content (AvgIpc) is 2.59. The molecule has 0 spiro atoms. The van der Waals surface area contributed by atoms with Crippen LogP contribution in [-0.4, -0.2) is 12.0 Å². The lowest BCUT2D eigenvalue weighted by molar-refractivity contribution is -0.129. The molecule has 4 heteroatoms. The van der Waals surface area contributed by atoms with Crippen LogP contribution in [0.3, 0.4) is 0 Å². The Morgan fingerprint density at radius 3 is 2.33 bits per heavy atom. The van der Waals surface area contributed by atoms with Crippen LogP contribution in [0.5, 0.6) is 5.75 Å². The Morgan fingerprint density at radius 1 is 1.08 bits per heavy atom. The van der Waals surface area contributed by atoms with E-state index in [1.807, 2.05) is 45.0 Å². The van der Waals surface area contributed by atoms with E-state index in [0.717, 1.165) is 12.0 Å². The van der Waals surface area contributed by atoms with Crippen LogP contribution in [0.25, 0.3) is 0 Å². The molecule has 0 aliphatic heterocycles. The molecule has 2 rings (SSSR count). The highest BCUT2D eigenvalue weighted by Gasteiger charge is 2.22. The minimum Gasteiger partial charge on any atom is -0.478 e. The van der Waals surface area contributed by atoms with Gasteiger partial charge >= 0.3 is 0 Å². The zero-order valence-electron chi connectivity index (χ0n) is 14.4. The number of aryl methyl sites for hydroxylation is 1. The molecule has 0 fully saturated rings. The first-order valence-electron chi connectivity index (χ1n) is 8.33. The number of halogens is 1. The highest BCUT2D eigenvalue weighted by atomic mass is 19.1. The minimum atomic E-state index is -0.721. The predicted octanol–water partition coefficient (Wildman–Crippen LogP) is 4.56. The van der Waals surface area contributed by atoms with E-state index in [1.54, 1.807) is 12.1 Å². The summed E-state index contributed by atoms with van der Waals surface area (Å²) in [5.74, 6) is -0.592. The summed E-state index contributed by atoms with van der Waals surface area (Å²) < 4.78 is 19.3. The molecule has 0 saturated heterocycles. The maximum atomic E-state index is 13.7.